The molecular formula is C9H12N2O2S. The Labute approximate surface area is 87.2 Å². The number of hydrogen-bond acceptors (Lipinski definition) is 4. The van der Waals surface area contributed by atoms with Gasteiger partial charge >= 0.3 is 0 Å². The van der Waals surface area contributed by atoms with Gasteiger partial charge in [0.2, 0.25) is 0 Å². The highest BCUT2D eigenvalue weighted by molar-refractivity contribution is 7.98. The van der Waals surface area contributed by atoms with Crippen molar-refractivity contribution in [3.05, 3.63) is 23.9 Å². The molecule has 0 aliphatic rings. The summed E-state index contributed by atoms with van der Waals surface area (Å²) in [5, 5.41) is 1.89. The summed E-state index contributed by atoms with van der Waals surface area (Å²) in [7, 11) is 3.02. The van der Waals surface area contributed by atoms with Crippen LogP contribution in [0.2, 0.25) is 0 Å². The number of rotatable bonds is 3. The number of nitrogens with zero attached hydrogens (tertiary/aromatic N) is 2. The van der Waals surface area contributed by atoms with E-state index in [0.29, 0.717) is 10.6 Å². The Morgan fingerprint density at radius 1 is 1.64 bits per heavy atom. The van der Waals surface area contributed by atoms with E-state index in [-0.39, 0.29) is 5.91 Å². The average Bonchev–Trinajstić information content (AvgIpc) is 2.26. The first kappa shape index (κ1) is 11.0. The molecule has 1 aromatic rings. The largest absolute Gasteiger partial charge is 0.279 e. The van der Waals surface area contributed by atoms with Gasteiger partial charge in [-0.1, -0.05) is 0 Å². The molecule has 4 nitrogen and oxygen atoms in total. The molecule has 0 N–H and O–H groups in total. The number of hydroxylamine groups is 2. The molecule has 0 bridgehead atoms. The van der Waals surface area contributed by atoms with Crippen LogP contribution in [-0.4, -0.2) is 36.4 Å². The lowest BCUT2D eigenvalue weighted by Gasteiger charge is -2.14. The molecule has 14 heavy (non-hydrogen) atoms. The molecule has 0 unspecified atom stereocenters. The predicted octanol–water partition coefficient (Wildman–Crippen LogP) is 1.44. The highest BCUT2D eigenvalue weighted by Gasteiger charge is 2.15. The first-order valence-corrected chi connectivity index (χ1v) is 5.24. The minimum Gasteiger partial charge on any atom is -0.274 e. The maximum Gasteiger partial charge on any atom is 0.279 e. The highest BCUT2D eigenvalue weighted by Crippen LogP contribution is 2.17. The van der Waals surface area contributed by atoms with Crippen LogP contribution in [0.4, 0.5) is 0 Å². The van der Waals surface area contributed by atoms with E-state index in [4.69, 9.17) is 4.84 Å². The molecule has 0 saturated heterocycles. The van der Waals surface area contributed by atoms with Crippen LogP contribution >= 0.6 is 11.8 Å². The van der Waals surface area contributed by atoms with E-state index in [2.05, 4.69) is 4.98 Å². The fourth-order valence-corrected chi connectivity index (χ4v) is 1.51. The van der Waals surface area contributed by atoms with Crippen LogP contribution < -0.4 is 0 Å². The molecular weight excluding hydrogens is 200 g/mol. The van der Waals surface area contributed by atoms with E-state index < -0.39 is 0 Å². The number of thioether (sulfide) groups is 1. The van der Waals surface area contributed by atoms with Crippen LogP contribution in [0, 0.1) is 0 Å². The fourth-order valence-electron chi connectivity index (χ4n) is 0.969. The molecule has 0 aromatic carbocycles. The molecule has 0 saturated carbocycles. The first-order chi connectivity index (χ1) is 6.70. The van der Waals surface area contributed by atoms with Gasteiger partial charge in [-0.25, -0.2) is 10.0 Å². The van der Waals surface area contributed by atoms with Crippen molar-refractivity contribution in [2.24, 2.45) is 0 Å². The van der Waals surface area contributed by atoms with Gasteiger partial charge < -0.3 is 0 Å². The molecule has 0 aliphatic heterocycles. The zero-order valence-corrected chi connectivity index (χ0v) is 9.17. The lowest BCUT2D eigenvalue weighted by Crippen LogP contribution is -2.26. The van der Waals surface area contributed by atoms with Crippen molar-refractivity contribution < 1.29 is 9.63 Å². The molecule has 1 heterocycles. The monoisotopic (exact) mass is 212 g/mol. The normalized spacial score (nSPS) is 9.93. The number of pyridine rings is 1. The summed E-state index contributed by atoms with van der Waals surface area (Å²) in [5.41, 5.74) is 0.560. The van der Waals surface area contributed by atoms with Gasteiger partial charge in [0, 0.05) is 13.2 Å². The van der Waals surface area contributed by atoms with Crippen LogP contribution in [0.15, 0.2) is 23.4 Å². The molecule has 5 heteroatoms. The SMILES string of the molecule is CON(C)C(=O)c1cccnc1SC. The van der Waals surface area contributed by atoms with E-state index >= 15 is 0 Å². The first-order valence-electron chi connectivity index (χ1n) is 4.02. The summed E-state index contributed by atoms with van der Waals surface area (Å²) in [4.78, 5) is 20.6. The zero-order valence-electron chi connectivity index (χ0n) is 8.35. The molecule has 1 amide bonds. The number of aromatic nitrogens is 1. The lowest BCUT2D eigenvalue weighted by atomic mass is 10.3. The second kappa shape index (κ2) is 4.97. The Hall–Kier alpha value is -1.07. The Morgan fingerprint density at radius 2 is 2.36 bits per heavy atom. The second-order valence-electron chi connectivity index (χ2n) is 2.55. The van der Waals surface area contributed by atoms with Crippen molar-refractivity contribution in [1.82, 2.24) is 10.0 Å². The van der Waals surface area contributed by atoms with Gasteiger partial charge in [0.25, 0.3) is 5.91 Å². The summed E-state index contributed by atoms with van der Waals surface area (Å²) in [5.74, 6) is -0.190. The van der Waals surface area contributed by atoms with E-state index in [0.717, 1.165) is 0 Å². The quantitative estimate of drug-likeness (QED) is 0.561. The maximum atomic E-state index is 11.7. The number of hydrogen-bond donors (Lipinski definition) is 0. The van der Waals surface area contributed by atoms with Gasteiger partial charge in [-0.2, -0.15) is 0 Å². The summed E-state index contributed by atoms with van der Waals surface area (Å²) >= 11 is 1.44. The molecule has 0 fully saturated rings. The van der Waals surface area contributed by atoms with E-state index in [1.165, 1.54) is 23.9 Å². The Balaban J connectivity index is 3.00. The van der Waals surface area contributed by atoms with Crippen LogP contribution in [0.5, 0.6) is 0 Å². The van der Waals surface area contributed by atoms with Crippen molar-refractivity contribution in [2.75, 3.05) is 20.4 Å². The van der Waals surface area contributed by atoms with Crippen molar-refractivity contribution in [2.45, 2.75) is 5.03 Å². The third kappa shape index (κ3) is 2.24. The molecule has 0 spiro atoms. The summed E-state index contributed by atoms with van der Waals surface area (Å²) in [6, 6.07) is 3.47. The standard InChI is InChI=1S/C9H12N2O2S/c1-11(13-2)9(12)7-5-4-6-10-8(7)14-3/h4-6H,1-3H3. The molecule has 0 atom stereocenters. The maximum absolute atomic E-state index is 11.7. The number of amides is 1. The minimum absolute atomic E-state index is 0.190. The van der Waals surface area contributed by atoms with Crippen molar-refractivity contribution >= 4 is 17.7 Å². The topological polar surface area (TPSA) is 42.4 Å². The lowest BCUT2D eigenvalue weighted by molar-refractivity contribution is -0.0759. The number of carbonyl (C=O) groups is 1. The van der Waals surface area contributed by atoms with Gasteiger partial charge in [0.15, 0.2) is 0 Å². The smallest absolute Gasteiger partial charge is 0.274 e. The molecule has 76 valence electrons. The molecule has 1 aromatic heterocycles. The van der Waals surface area contributed by atoms with Gasteiger partial charge in [0.1, 0.15) is 5.03 Å². The van der Waals surface area contributed by atoms with Crippen molar-refractivity contribution in [3.63, 3.8) is 0 Å². The highest BCUT2D eigenvalue weighted by atomic mass is 32.2. The zero-order chi connectivity index (χ0) is 10.6. The van der Waals surface area contributed by atoms with Gasteiger partial charge in [-0.05, 0) is 18.4 Å². The third-order valence-electron chi connectivity index (χ3n) is 1.75. The molecule has 0 radical (unpaired) electrons. The minimum atomic E-state index is -0.190. The van der Waals surface area contributed by atoms with Crippen LogP contribution in [-0.2, 0) is 4.84 Å². The molecule has 1 rings (SSSR count). The summed E-state index contributed by atoms with van der Waals surface area (Å²) in [6.07, 6.45) is 3.54. The van der Waals surface area contributed by atoms with Gasteiger partial charge in [-0.15, -0.1) is 11.8 Å². The second-order valence-corrected chi connectivity index (χ2v) is 3.34. The van der Waals surface area contributed by atoms with E-state index in [1.54, 1.807) is 25.4 Å². The Bertz CT molecular complexity index is 330. The Kier molecular flexibility index (Phi) is 3.91. The van der Waals surface area contributed by atoms with Crippen LogP contribution in [0.25, 0.3) is 0 Å². The van der Waals surface area contributed by atoms with Crippen LogP contribution in [0.3, 0.4) is 0 Å². The van der Waals surface area contributed by atoms with E-state index in [1.807, 2.05) is 6.26 Å². The van der Waals surface area contributed by atoms with Crippen LogP contribution in [0.1, 0.15) is 10.4 Å². The van der Waals surface area contributed by atoms with E-state index in [9.17, 15) is 4.79 Å². The summed E-state index contributed by atoms with van der Waals surface area (Å²) in [6.45, 7) is 0. The van der Waals surface area contributed by atoms with Gasteiger partial charge in [-0.3, -0.25) is 9.63 Å². The van der Waals surface area contributed by atoms with Crippen molar-refractivity contribution in [1.29, 1.82) is 0 Å². The number of carbonyl (C=O) groups excluding carboxylic acids is 1. The Morgan fingerprint density at radius 3 is 2.93 bits per heavy atom. The summed E-state index contributed by atoms with van der Waals surface area (Å²) < 4.78 is 0. The third-order valence-corrected chi connectivity index (χ3v) is 2.47. The predicted molar refractivity (Wildman–Crippen MR) is 55.1 cm³/mol. The van der Waals surface area contributed by atoms with Crippen molar-refractivity contribution in [3.8, 4) is 0 Å². The average molecular weight is 212 g/mol. The van der Waals surface area contributed by atoms with Gasteiger partial charge in [0.05, 0.1) is 12.7 Å². The molecule has 0 aliphatic carbocycles. The fraction of sp³-hybridized carbons (Fsp3) is 0.333.